The lowest BCUT2D eigenvalue weighted by Gasteiger charge is -2.32. The molecule has 1 fully saturated rings. The van der Waals surface area contributed by atoms with E-state index in [-0.39, 0.29) is 0 Å². The molecule has 0 bridgehead atoms. The molecule has 0 atom stereocenters. The first kappa shape index (κ1) is 13.3. The fraction of sp³-hybridized carbons (Fsp3) is 0.643. The molecule has 4 nitrogen and oxygen atoms in total. The van der Waals surface area contributed by atoms with Crippen LogP contribution in [0.5, 0.6) is 0 Å². The molecule has 2 rings (SSSR count). The Balaban J connectivity index is 1.89. The molecule has 0 aliphatic carbocycles. The average molecular weight is 249 g/mol. The van der Waals surface area contributed by atoms with E-state index in [1.807, 2.05) is 6.20 Å². The van der Waals surface area contributed by atoms with E-state index < -0.39 is 0 Å². The van der Waals surface area contributed by atoms with Crippen molar-refractivity contribution in [3.8, 4) is 0 Å². The number of ether oxygens (including phenoxy) is 1. The van der Waals surface area contributed by atoms with Gasteiger partial charge in [-0.1, -0.05) is 6.07 Å². The number of nitrogens with two attached hydrogens (primary N) is 1. The van der Waals surface area contributed by atoms with Crippen molar-refractivity contribution in [2.45, 2.75) is 32.3 Å². The predicted octanol–water partition coefficient (Wildman–Crippen LogP) is 1.59. The summed E-state index contributed by atoms with van der Waals surface area (Å²) in [6.07, 6.45) is 5.47. The molecular weight excluding hydrogens is 226 g/mol. The zero-order chi connectivity index (χ0) is 12.8. The van der Waals surface area contributed by atoms with Crippen LogP contribution in [0.1, 0.15) is 25.3 Å². The molecule has 1 aliphatic rings. The van der Waals surface area contributed by atoms with Crippen molar-refractivity contribution in [3.63, 3.8) is 0 Å². The van der Waals surface area contributed by atoms with Gasteiger partial charge in [0.2, 0.25) is 0 Å². The lowest BCUT2D eigenvalue weighted by molar-refractivity contribution is 0.0458. The summed E-state index contributed by atoms with van der Waals surface area (Å²) in [5.41, 5.74) is 6.75. The number of anilines is 1. The van der Waals surface area contributed by atoms with Gasteiger partial charge < -0.3 is 15.4 Å². The van der Waals surface area contributed by atoms with Gasteiger partial charge in [-0.25, -0.2) is 4.98 Å². The van der Waals surface area contributed by atoms with Crippen LogP contribution in [-0.2, 0) is 11.2 Å². The first-order valence-corrected chi connectivity index (χ1v) is 6.85. The van der Waals surface area contributed by atoms with E-state index in [1.165, 1.54) is 5.56 Å². The van der Waals surface area contributed by atoms with Gasteiger partial charge in [-0.05, 0) is 44.4 Å². The van der Waals surface area contributed by atoms with Crippen molar-refractivity contribution in [1.29, 1.82) is 0 Å². The number of hydrogen-bond acceptors (Lipinski definition) is 4. The quantitative estimate of drug-likeness (QED) is 0.861. The smallest absolute Gasteiger partial charge is 0.128 e. The summed E-state index contributed by atoms with van der Waals surface area (Å²) in [5, 5.41) is 0. The van der Waals surface area contributed by atoms with Crippen LogP contribution in [0, 0.1) is 0 Å². The van der Waals surface area contributed by atoms with Gasteiger partial charge in [0.1, 0.15) is 5.82 Å². The van der Waals surface area contributed by atoms with E-state index in [0.29, 0.717) is 12.6 Å². The molecule has 0 spiro atoms. The minimum Gasteiger partial charge on any atom is -0.378 e. The molecule has 1 aromatic rings. The van der Waals surface area contributed by atoms with Gasteiger partial charge in [-0.15, -0.1) is 0 Å². The maximum Gasteiger partial charge on any atom is 0.128 e. The minimum absolute atomic E-state index is 0.433. The second-order valence-corrected chi connectivity index (χ2v) is 4.71. The molecule has 1 aromatic heterocycles. The van der Waals surface area contributed by atoms with Crippen LogP contribution < -0.4 is 10.6 Å². The Bertz CT molecular complexity index is 345. The normalized spacial score (nSPS) is 17.1. The van der Waals surface area contributed by atoms with Crippen LogP contribution in [0.25, 0.3) is 0 Å². The summed E-state index contributed by atoms with van der Waals surface area (Å²) in [5.74, 6) is 1.07. The van der Waals surface area contributed by atoms with Crippen LogP contribution in [0.4, 0.5) is 5.82 Å². The SMILES string of the molecule is CCOC1CCN(c2ccc(CCN)cn2)CC1. The van der Waals surface area contributed by atoms with Gasteiger partial charge in [0.25, 0.3) is 0 Å². The van der Waals surface area contributed by atoms with E-state index in [4.69, 9.17) is 10.5 Å². The molecule has 2 N–H and O–H groups in total. The minimum atomic E-state index is 0.433. The molecule has 4 heteroatoms. The summed E-state index contributed by atoms with van der Waals surface area (Å²) in [7, 11) is 0. The Kier molecular flexibility index (Phi) is 4.96. The summed E-state index contributed by atoms with van der Waals surface area (Å²) < 4.78 is 5.66. The molecule has 0 radical (unpaired) electrons. The third-order valence-corrected chi connectivity index (χ3v) is 3.41. The van der Waals surface area contributed by atoms with Crippen LogP contribution in [0.2, 0.25) is 0 Å². The summed E-state index contributed by atoms with van der Waals surface area (Å²) in [6.45, 7) is 5.63. The van der Waals surface area contributed by atoms with Crippen molar-refractivity contribution in [2.24, 2.45) is 5.73 Å². The van der Waals surface area contributed by atoms with Gasteiger partial charge in [0.05, 0.1) is 6.10 Å². The molecule has 2 heterocycles. The highest BCUT2D eigenvalue weighted by Crippen LogP contribution is 2.19. The van der Waals surface area contributed by atoms with E-state index in [2.05, 4.69) is 28.9 Å². The van der Waals surface area contributed by atoms with Crippen molar-refractivity contribution < 1.29 is 4.74 Å². The molecule has 0 amide bonds. The van der Waals surface area contributed by atoms with Gasteiger partial charge in [-0.2, -0.15) is 0 Å². The van der Waals surface area contributed by atoms with E-state index in [9.17, 15) is 0 Å². The molecular formula is C14H23N3O. The number of pyridine rings is 1. The van der Waals surface area contributed by atoms with Crippen LogP contribution >= 0.6 is 0 Å². The largest absolute Gasteiger partial charge is 0.378 e. The van der Waals surface area contributed by atoms with Crippen LogP contribution in [-0.4, -0.2) is 37.3 Å². The van der Waals surface area contributed by atoms with Gasteiger partial charge in [0.15, 0.2) is 0 Å². The van der Waals surface area contributed by atoms with Gasteiger partial charge >= 0.3 is 0 Å². The number of piperidine rings is 1. The molecule has 1 aliphatic heterocycles. The molecule has 100 valence electrons. The third kappa shape index (κ3) is 3.43. The topological polar surface area (TPSA) is 51.4 Å². The second kappa shape index (κ2) is 6.71. The number of aromatic nitrogens is 1. The maximum atomic E-state index is 5.66. The standard InChI is InChI=1S/C14H23N3O/c1-2-18-13-6-9-17(10-7-13)14-4-3-12(5-8-15)11-16-14/h3-4,11,13H,2,5-10,15H2,1H3. The number of nitrogens with zero attached hydrogens (tertiary/aromatic N) is 2. The average Bonchev–Trinajstić information content (AvgIpc) is 2.41. The Morgan fingerprint density at radius 2 is 2.17 bits per heavy atom. The fourth-order valence-electron chi connectivity index (χ4n) is 2.41. The Hall–Kier alpha value is -1.13. The van der Waals surface area contributed by atoms with Gasteiger partial charge in [0, 0.05) is 25.9 Å². The van der Waals surface area contributed by atoms with Crippen LogP contribution in [0.15, 0.2) is 18.3 Å². The molecule has 0 unspecified atom stereocenters. The molecule has 1 saturated heterocycles. The third-order valence-electron chi connectivity index (χ3n) is 3.41. The first-order valence-electron chi connectivity index (χ1n) is 6.85. The maximum absolute atomic E-state index is 5.66. The highest BCUT2D eigenvalue weighted by molar-refractivity contribution is 5.39. The Labute approximate surface area is 109 Å². The summed E-state index contributed by atoms with van der Waals surface area (Å²) in [4.78, 5) is 6.86. The first-order chi connectivity index (χ1) is 8.83. The number of hydrogen-bond donors (Lipinski definition) is 1. The fourth-order valence-corrected chi connectivity index (χ4v) is 2.41. The Morgan fingerprint density at radius 3 is 2.72 bits per heavy atom. The number of rotatable bonds is 5. The van der Waals surface area contributed by atoms with Crippen molar-refractivity contribution in [1.82, 2.24) is 4.98 Å². The van der Waals surface area contributed by atoms with Gasteiger partial charge in [-0.3, -0.25) is 0 Å². The van der Waals surface area contributed by atoms with E-state index >= 15 is 0 Å². The zero-order valence-corrected chi connectivity index (χ0v) is 11.1. The zero-order valence-electron chi connectivity index (χ0n) is 11.1. The van der Waals surface area contributed by atoms with Crippen LogP contribution in [0.3, 0.4) is 0 Å². The Morgan fingerprint density at radius 1 is 1.39 bits per heavy atom. The van der Waals surface area contributed by atoms with Crippen molar-refractivity contribution >= 4 is 5.82 Å². The highest BCUT2D eigenvalue weighted by atomic mass is 16.5. The van der Waals surface area contributed by atoms with Crippen molar-refractivity contribution in [2.75, 3.05) is 31.1 Å². The summed E-state index contributed by atoms with van der Waals surface area (Å²) >= 11 is 0. The van der Waals surface area contributed by atoms with E-state index in [0.717, 1.165) is 44.8 Å². The molecule has 18 heavy (non-hydrogen) atoms. The lowest BCUT2D eigenvalue weighted by atomic mass is 10.1. The molecule has 0 aromatic carbocycles. The van der Waals surface area contributed by atoms with Crippen molar-refractivity contribution in [3.05, 3.63) is 23.9 Å². The second-order valence-electron chi connectivity index (χ2n) is 4.71. The highest BCUT2D eigenvalue weighted by Gasteiger charge is 2.19. The molecule has 0 saturated carbocycles. The van der Waals surface area contributed by atoms with E-state index in [1.54, 1.807) is 0 Å². The monoisotopic (exact) mass is 249 g/mol. The lowest BCUT2D eigenvalue weighted by Crippen LogP contribution is -2.37. The predicted molar refractivity (Wildman–Crippen MR) is 73.9 cm³/mol. The summed E-state index contributed by atoms with van der Waals surface area (Å²) in [6, 6.07) is 4.23.